The number of hydrogen-bond acceptors (Lipinski definition) is 3. The number of rotatable bonds is 7. The topological polar surface area (TPSA) is 63.2 Å². The number of ether oxygens (including phenoxy) is 1. The van der Waals surface area contributed by atoms with Crippen LogP contribution in [0.25, 0.3) is 0 Å². The summed E-state index contributed by atoms with van der Waals surface area (Å²) in [5.41, 5.74) is 1.49. The number of amides is 2. The first-order chi connectivity index (χ1) is 11.2. The molecule has 2 rings (SSSR count). The highest BCUT2D eigenvalue weighted by Crippen LogP contribution is 2.28. The number of nitrogens with zero attached hydrogens (tertiary/aromatic N) is 1. The van der Waals surface area contributed by atoms with Gasteiger partial charge in [0.05, 0.1) is 12.3 Å². The average molecular weight is 334 g/mol. The Balaban J connectivity index is 1.88. The Kier molecular flexibility index (Phi) is 6.69. The maximum Gasteiger partial charge on any atom is 0.319 e. The fraction of sp³-hybridized carbons (Fsp3) is 0.294. The maximum absolute atomic E-state index is 12.0. The monoisotopic (exact) mass is 333 g/mol. The van der Waals surface area contributed by atoms with E-state index in [2.05, 4.69) is 15.6 Å². The van der Waals surface area contributed by atoms with Crippen LogP contribution in [-0.2, 0) is 6.42 Å². The fourth-order valence-corrected chi connectivity index (χ4v) is 2.13. The second-order valence-electron chi connectivity index (χ2n) is 4.94. The summed E-state index contributed by atoms with van der Waals surface area (Å²) in [6.45, 7) is 3.10. The lowest BCUT2D eigenvalue weighted by Gasteiger charge is -2.13. The quantitative estimate of drug-likeness (QED) is 0.808. The van der Waals surface area contributed by atoms with Gasteiger partial charge in [-0.25, -0.2) is 4.79 Å². The smallest absolute Gasteiger partial charge is 0.319 e. The summed E-state index contributed by atoms with van der Waals surface area (Å²) in [5.74, 6) is 0.608. The minimum absolute atomic E-state index is 0.301. The molecule has 0 saturated heterocycles. The molecule has 2 aromatic rings. The van der Waals surface area contributed by atoms with Gasteiger partial charge in [-0.05, 0) is 36.8 Å². The van der Waals surface area contributed by atoms with Gasteiger partial charge in [0.15, 0.2) is 0 Å². The fourth-order valence-electron chi connectivity index (χ4n) is 1.95. The lowest BCUT2D eigenvalue weighted by atomic mass is 10.2. The van der Waals surface area contributed by atoms with Crippen LogP contribution in [0.15, 0.2) is 42.6 Å². The molecule has 23 heavy (non-hydrogen) atoms. The molecule has 5 nitrogen and oxygen atoms in total. The minimum Gasteiger partial charge on any atom is -0.491 e. The van der Waals surface area contributed by atoms with Crippen LogP contribution < -0.4 is 15.4 Å². The van der Waals surface area contributed by atoms with Crippen LogP contribution in [0.4, 0.5) is 10.5 Å². The van der Waals surface area contributed by atoms with Crippen LogP contribution in [-0.4, -0.2) is 24.2 Å². The van der Waals surface area contributed by atoms with Crippen molar-refractivity contribution in [2.24, 2.45) is 0 Å². The predicted molar refractivity (Wildman–Crippen MR) is 92.2 cm³/mol. The Hall–Kier alpha value is -2.27. The van der Waals surface area contributed by atoms with Gasteiger partial charge in [-0.15, -0.1) is 0 Å². The number of benzene rings is 1. The summed E-state index contributed by atoms with van der Waals surface area (Å²) < 4.78 is 5.60. The summed E-state index contributed by atoms with van der Waals surface area (Å²) in [6.07, 6.45) is 3.29. The van der Waals surface area contributed by atoms with E-state index in [1.165, 1.54) is 0 Å². The molecular weight excluding hydrogens is 314 g/mol. The van der Waals surface area contributed by atoms with Crippen LogP contribution in [0, 0.1) is 0 Å². The number of urea groups is 1. The molecule has 1 aromatic heterocycles. The first kappa shape index (κ1) is 17.1. The molecule has 1 heterocycles. The van der Waals surface area contributed by atoms with Crippen molar-refractivity contribution in [3.8, 4) is 5.75 Å². The van der Waals surface area contributed by atoms with Gasteiger partial charge < -0.3 is 15.4 Å². The third kappa shape index (κ3) is 5.79. The van der Waals surface area contributed by atoms with Crippen molar-refractivity contribution in [2.45, 2.75) is 19.8 Å². The van der Waals surface area contributed by atoms with Crippen LogP contribution in [0.1, 0.15) is 19.0 Å². The number of aromatic nitrogens is 1. The molecule has 2 amide bonds. The van der Waals surface area contributed by atoms with E-state index in [1.54, 1.807) is 24.4 Å². The molecule has 122 valence electrons. The van der Waals surface area contributed by atoms with E-state index in [9.17, 15) is 4.79 Å². The zero-order valence-corrected chi connectivity index (χ0v) is 13.8. The molecule has 0 aliphatic heterocycles. The van der Waals surface area contributed by atoms with E-state index >= 15 is 0 Å². The van der Waals surface area contributed by atoms with Crippen LogP contribution >= 0.6 is 11.6 Å². The van der Waals surface area contributed by atoms with Crippen molar-refractivity contribution in [3.63, 3.8) is 0 Å². The second-order valence-corrected chi connectivity index (χ2v) is 5.38. The van der Waals surface area contributed by atoms with Crippen LogP contribution in [0.3, 0.4) is 0 Å². The lowest BCUT2D eigenvalue weighted by molar-refractivity contribution is 0.252. The highest BCUT2D eigenvalue weighted by atomic mass is 35.5. The molecule has 0 aliphatic rings. The third-order valence-corrected chi connectivity index (χ3v) is 3.28. The van der Waals surface area contributed by atoms with Crippen molar-refractivity contribution in [1.82, 2.24) is 10.3 Å². The molecule has 6 heteroatoms. The zero-order valence-electron chi connectivity index (χ0n) is 13.0. The standard InChI is InChI=1S/C17H20ClN3O2/c1-2-11-23-16-7-6-13(18)12-15(16)21-17(22)20-10-8-14-5-3-4-9-19-14/h3-7,9,12H,2,8,10-11H2,1H3,(H2,20,21,22). The van der Waals surface area contributed by atoms with E-state index in [1.807, 2.05) is 25.1 Å². The molecule has 1 aromatic carbocycles. The van der Waals surface area contributed by atoms with E-state index in [4.69, 9.17) is 16.3 Å². The maximum atomic E-state index is 12.0. The summed E-state index contributed by atoms with van der Waals surface area (Å²) in [7, 11) is 0. The Morgan fingerprint density at radius 3 is 2.91 bits per heavy atom. The number of nitrogens with one attached hydrogen (secondary N) is 2. The van der Waals surface area contributed by atoms with Gasteiger partial charge in [-0.3, -0.25) is 4.98 Å². The molecule has 0 radical (unpaired) electrons. The highest BCUT2D eigenvalue weighted by Gasteiger charge is 2.08. The van der Waals surface area contributed by atoms with Gasteiger partial charge in [0, 0.05) is 29.9 Å². The number of hydrogen-bond donors (Lipinski definition) is 2. The molecule has 0 unspecified atom stereocenters. The van der Waals surface area contributed by atoms with Gasteiger partial charge in [0.1, 0.15) is 5.75 Å². The van der Waals surface area contributed by atoms with Crippen molar-refractivity contribution in [3.05, 3.63) is 53.3 Å². The van der Waals surface area contributed by atoms with Crippen molar-refractivity contribution >= 4 is 23.3 Å². The normalized spacial score (nSPS) is 10.2. The summed E-state index contributed by atoms with van der Waals surface area (Å²) in [5, 5.41) is 6.10. The van der Waals surface area contributed by atoms with E-state index < -0.39 is 0 Å². The number of halogens is 1. The minimum atomic E-state index is -0.301. The Morgan fingerprint density at radius 1 is 1.30 bits per heavy atom. The average Bonchev–Trinajstić information content (AvgIpc) is 2.55. The predicted octanol–water partition coefficient (Wildman–Crippen LogP) is 3.89. The number of carbonyl (C=O) groups excluding carboxylic acids is 1. The number of carbonyl (C=O) groups is 1. The largest absolute Gasteiger partial charge is 0.491 e. The summed E-state index contributed by atoms with van der Waals surface area (Å²) in [4.78, 5) is 16.2. The Bertz CT molecular complexity index is 635. The zero-order chi connectivity index (χ0) is 16.5. The highest BCUT2D eigenvalue weighted by molar-refractivity contribution is 6.31. The van der Waals surface area contributed by atoms with Crippen LogP contribution in [0.2, 0.25) is 5.02 Å². The van der Waals surface area contributed by atoms with E-state index in [0.717, 1.165) is 12.1 Å². The molecule has 0 spiro atoms. The molecule has 2 N–H and O–H groups in total. The van der Waals surface area contributed by atoms with Crippen molar-refractivity contribution in [1.29, 1.82) is 0 Å². The van der Waals surface area contributed by atoms with Gasteiger partial charge in [-0.2, -0.15) is 0 Å². The molecule has 0 aliphatic carbocycles. The van der Waals surface area contributed by atoms with Gasteiger partial charge in [0.25, 0.3) is 0 Å². The third-order valence-electron chi connectivity index (χ3n) is 3.04. The van der Waals surface area contributed by atoms with E-state index in [-0.39, 0.29) is 6.03 Å². The molecular formula is C17H20ClN3O2. The van der Waals surface area contributed by atoms with Gasteiger partial charge in [-0.1, -0.05) is 24.6 Å². The second kappa shape index (κ2) is 9.00. The molecule has 0 fully saturated rings. The Morgan fingerprint density at radius 2 is 2.17 bits per heavy atom. The first-order valence-corrected chi connectivity index (χ1v) is 7.94. The first-order valence-electron chi connectivity index (χ1n) is 7.56. The summed E-state index contributed by atoms with van der Waals surface area (Å²) >= 11 is 5.98. The number of anilines is 1. The molecule has 0 bridgehead atoms. The van der Waals surface area contributed by atoms with Crippen LogP contribution in [0.5, 0.6) is 5.75 Å². The lowest BCUT2D eigenvalue weighted by Crippen LogP contribution is -2.30. The Labute approximate surface area is 141 Å². The van der Waals surface area contributed by atoms with Gasteiger partial charge >= 0.3 is 6.03 Å². The van der Waals surface area contributed by atoms with Crippen molar-refractivity contribution in [2.75, 3.05) is 18.5 Å². The van der Waals surface area contributed by atoms with E-state index in [0.29, 0.717) is 36.0 Å². The molecule has 0 saturated carbocycles. The van der Waals surface area contributed by atoms with Gasteiger partial charge in [0.2, 0.25) is 0 Å². The van der Waals surface area contributed by atoms with Crippen molar-refractivity contribution < 1.29 is 9.53 Å². The SMILES string of the molecule is CCCOc1ccc(Cl)cc1NC(=O)NCCc1ccccn1. The summed E-state index contributed by atoms with van der Waals surface area (Å²) in [6, 6.07) is 10.6. The molecule has 0 atom stereocenters. The number of pyridine rings is 1.